The molecule has 5 nitrogen and oxygen atoms in total. The van der Waals surface area contributed by atoms with Gasteiger partial charge >= 0.3 is 5.97 Å². The first kappa shape index (κ1) is 29.9. The molecular formula is C34H42N2O3S. The fourth-order valence-electron chi connectivity index (χ4n) is 5.95. The highest BCUT2D eigenvalue weighted by molar-refractivity contribution is 7.98. The molecule has 0 aromatic heterocycles. The number of amides is 1. The third-order valence-electron chi connectivity index (χ3n) is 8.05. The standard InChI is InChI=1S/C34H42N2O3S/c1-4-10-27-16-17-28(21-25-12-6-5-7-13-25)36(27)23-26-15-18-30(31(22-26)29-14-9-8-11-24(29)2)33(37)35-32(34(38)39)19-20-40-3/h5-9,11-15,18,22,27-28,32H,4,10,16-17,19-21,23H2,1-3H3,(H,35,37)(H,38,39)/t27-,28-,32-/m0/s1. The fraction of sp³-hybridized carbons (Fsp3) is 0.412. The van der Waals surface area contributed by atoms with Crippen molar-refractivity contribution in [3.63, 3.8) is 0 Å². The molecule has 1 aliphatic heterocycles. The van der Waals surface area contributed by atoms with Crippen molar-refractivity contribution in [3.05, 3.63) is 95.1 Å². The Kier molecular flexibility index (Phi) is 10.8. The highest BCUT2D eigenvalue weighted by atomic mass is 32.2. The summed E-state index contributed by atoms with van der Waals surface area (Å²) < 4.78 is 0. The molecule has 0 spiro atoms. The lowest BCUT2D eigenvalue weighted by atomic mass is 9.93. The Balaban J connectivity index is 1.65. The molecule has 0 aliphatic carbocycles. The van der Waals surface area contributed by atoms with Crippen LogP contribution in [0.5, 0.6) is 0 Å². The number of hydrogen-bond donors (Lipinski definition) is 2. The average Bonchev–Trinajstić information content (AvgIpc) is 3.32. The maximum Gasteiger partial charge on any atom is 0.326 e. The van der Waals surface area contributed by atoms with Crippen LogP contribution in [0, 0.1) is 6.92 Å². The van der Waals surface area contributed by atoms with E-state index in [9.17, 15) is 14.7 Å². The Labute approximate surface area is 243 Å². The van der Waals surface area contributed by atoms with Crippen LogP contribution >= 0.6 is 11.8 Å². The summed E-state index contributed by atoms with van der Waals surface area (Å²) in [4.78, 5) is 28.0. The number of carbonyl (C=O) groups excluding carboxylic acids is 1. The third-order valence-corrected chi connectivity index (χ3v) is 8.69. The van der Waals surface area contributed by atoms with Crippen molar-refractivity contribution in [1.29, 1.82) is 0 Å². The lowest BCUT2D eigenvalue weighted by Crippen LogP contribution is -2.41. The van der Waals surface area contributed by atoms with Crippen molar-refractivity contribution >= 4 is 23.6 Å². The number of aliphatic carboxylic acids is 1. The van der Waals surface area contributed by atoms with E-state index in [-0.39, 0.29) is 5.91 Å². The summed E-state index contributed by atoms with van der Waals surface area (Å²) in [5.41, 5.74) is 5.99. The van der Waals surface area contributed by atoms with Crippen molar-refractivity contribution < 1.29 is 14.7 Å². The van der Waals surface area contributed by atoms with E-state index in [2.05, 4.69) is 72.6 Å². The molecule has 3 aromatic carbocycles. The van der Waals surface area contributed by atoms with Gasteiger partial charge in [0, 0.05) is 24.2 Å². The molecule has 3 atom stereocenters. The first-order valence-electron chi connectivity index (χ1n) is 14.4. The van der Waals surface area contributed by atoms with Crippen LogP contribution < -0.4 is 5.32 Å². The van der Waals surface area contributed by atoms with Gasteiger partial charge < -0.3 is 10.4 Å². The number of likely N-dealkylation sites (tertiary alicyclic amines) is 1. The van der Waals surface area contributed by atoms with Crippen LogP contribution in [-0.2, 0) is 17.8 Å². The second-order valence-corrected chi connectivity index (χ2v) is 11.9. The molecule has 0 bridgehead atoms. The Morgan fingerprint density at radius 1 is 0.975 bits per heavy atom. The normalized spacial score (nSPS) is 18.0. The number of carboxylic acid groups (broad SMARTS) is 1. The van der Waals surface area contributed by atoms with Crippen LogP contribution in [0.1, 0.15) is 66.1 Å². The average molecular weight is 559 g/mol. The zero-order valence-corrected chi connectivity index (χ0v) is 24.8. The number of rotatable bonds is 13. The Morgan fingerprint density at radius 3 is 2.40 bits per heavy atom. The van der Waals surface area contributed by atoms with Crippen LogP contribution in [0.4, 0.5) is 0 Å². The number of carboxylic acids is 1. The van der Waals surface area contributed by atoms with Gasteiger partial charge in [0.15, 0.2) is 0 Å². The van der Waals surface area contributed by atoms with Gasteiger partial charge in [0.2, 0.25) is 0 Å². The molecule has 4 rings (SSSR count). The second-order valence-electron chi connectivity index (χ2n) is 10.9. The van der Waals surface area contributed by atoms with E-state index in [1.165, 1.54) is 30.4 Å². The summed E-state index contributed by atoms with van der Waals surface area (Å²) >= 11 is 1.57. The van der Waals surface area contributed by atoms with E-state index >= 15 is 0 Å². The minimum atomic E-state index is -1.00. The summed E-state index contributed by atoms with van der Waals surface area (Å²) in [6.45, 7) is 5.14. The molecule has 1 fully saturated rings. The van der Waals surface area contributed by atoms with Gasteiger partial charge in [0.05, 0.1) is 0 Å². The van der Waals surface area contributed by atoms with Crippen LogP contribution in [0.15, 0.2) is 72.8 Å². The highest BCUT2D eigenvalue weighted by Crippen LogP contribution is 2.33. The SMILES string of the molecule is CCC[C@H]1CC[C@@H](Cc2ccccc2)N1Cc1ccc(C(=O)N[C@@H](CCSC)C(=O)O)c(-c2ccccc2C)c1. The van der Waals surface area contributed by atoms with Crippen LogP contribution in [0.25, 0.3) is 11.1 Å². The van der Waals surface area contributed by atoms with Gasteiger partial charge in [-0.15, -0.1) is 0 Å². The molecule has 212 valence electrons. The number of nitrogens with zero attached hydrogens (tertiary/aromatic N) is 1. The molecule has 1 amide bonds. The van der Waals surface area contributed by atoms with Gasteiger partial charge in [0.25, 0.3) is 5.91 Å². The molecule has 1 saturated heterocycles. The van der Waals surface area contributed by atoms with Crippen molar-refractivity contribution in [2.45, 2.75) is 77.0 Å². The van der Waals surface area contributed by atoms with Gasteiger partial charge in [-0.2, -0.15) is 11.8 Å². The number of benzene rings is 3. The zero-order chi connectivity index (χ0) is 28.5. The summed E-state index contributed by atoms with van der Waals surface area (Å²) in [7, 11) is 0. The largest absolute Gasteiger partial charge is 0.480 e. The number of carbonyl (C=O) groups is 2. The Bertz CT molecular complexity index is 1280. The molecule has 1 aliphatic rings. The number of aryl methyl sites for hydroxylation is 1. The van der Waals surface area contributed by atoms with Crippen LogP contribution in [0.2, 0.25) is 0 Å². The molecule has 1 heterocycles. The van der Waals surface area contributed by atoms with E-state index in [1.807, 2.05) is 30.5 Å². The Hall–Kier alpha value is -3.09. The monoisotopic (exact) mass is 558 g/mol. The maximum absolute atomic E-state index is 13.5. The lowest BCUT2D eigenvalue weighted by molar-refractivity contribution is -0.139. The minimum Gasteiger partial charge on any atom is -0.480 e. The fourth-order valence-corrected chi connectivity index (χ4v) is 6.42. The van der Waals surface area contributed by atoms with E-state index in [0.717, 1.165) is 36.1 Å². The second kappa shape index (κ2) is 14.5. The molecule has 2 N–H and O–H groups in total. The predicted molar refractivity (Wildman–Crippen MR) is 166 cm³/mol. The highest BCUT2D eigenvalue weighted by Gasteiger charge is 2.33. The Morgan fingerprint density at radius 2 is 1.70 bits per heavy atom. The smallest absolute Gasteiger partial charge is 0.326 e. The molecule has 0 radical (unpaired) electrons. The molecule has 0 saturated carbocycles. The van der Waals surface area contributed by atoms with Crippen molar-refractivity contribution in [2.75, 3.05) is 12.0 Å². The third kappa shape index (κ3) is 7.55. The van der Waals surface area contributed by atoms with Gasteiger partial charge in [-0.3, -0.25) is 9.69 Å². The van der Waals surface area contributed by atoms with Crippen LogP contribution in [0.3, 0.4) is 0 Å². The van der Waals surface area contributed by atoms with Gasteiger partial charge in [-0.25, -0.2) is 4.79 Å². The van der Waals surface area contributed by atoms with E-state index < -0.39 is 12.0 Å². The maximum atomic E-state index is 13.5. The minimum absolute atomic E-state index is 0.342. The topological polar surface area (TPSA) is 69.6 Å². The summed E-state index contributed by atoms with van der Waals surface area (Å²) in [5, 5.41) is 12.5. The first-order chi connectivity index (χ1) is 19.4. The molecular weight excluding hydrogens is 516 g/mol. The molecule has 6 heteroatoms. The van der Waals surface area contributed by atoms with E-state index in [4.69, 9.17) is 0 Å². The molecule has 3 aromatic rings. The van der Waals surface area contributed by atoms with E-state index in [1.54, 1.807) is 11.8 Å². The van der Waals surface area contributed by atoms with E-state index in [0.29, 0.717) is 29.8 Å². The predicted octanol–water partition coefficient (Wildman–Crippen LogP) is 6.97. The first-order valence-corrected chi connectivity index (χ1v) is 15.8. The number of thioether (sulfide) groups is 1. The summed E-state index contributed by atoms with van der Waals surface area (Å²) in [5.74, 6) is -0.679. The molecule has 40 heavy (non-hydrogen) atoms. The number of hydrogen-bond acceptors (Lipinski definition) is 4. The van der Waals surface area contributed by atoms with Gasteiger partial charge in [0.1, 0.15) is 6.04 Å². The number of nitrogens with one attached hydrogen (secondary N) is 1. The summed E-state index contributed by atoms with van der Waals surface area (Å²) in [6, 6.07) is 25.0. The summed E-state index contributed by atoms with van der Waals surface area (Å²) in [6.07, 6.45) is 8.11. The van der Waals surface area contributed by atoms with Crippen LogP contribution in [-0.4, -0.2) is 52.0 Å². The quantitative estimate of drug-likeness (QED) is 0.237. The van der Waals surface area contributed by atoms with Crippen molar-refractivity contribution in [3.8, 4) is 11.1 Å². The van der Waals surface area contributed by atoms with Crippen molar-refractivity contribution in [1.82, 2.24) is 10.2 Å². The van der Waals surface area contributed by atoms with Crippen molar-refractivity contribution in [2.24, 2.45) is 0 Å². The van der Waals surface area contributed by atoms with Gasteiger partial charge in [-0.05, 0) is 91.0 Å². The molecule has 0 unspecified atom stereocenters. The lowest BCUT2D eigenvalue weighted by Gasteiger charge is -2.31. The zero-order valence-electron chi connectivity index (χ0n) is 23.9. The van der Waals surface area contributed by atoms with Gasteiger partial charge in [-0.1, -0.05) is 74.0 Å².